The first-order valence-corrected chi connectivity index (χ1v) is 13.4. The van der Waals surface area contributed by atoms with Gasteiger partial charge >= 0.3 is 5.97 Å². The van der Waals surface area contributed by atoms with Gasteiger partial charge in [0.1, 0.15) is 17.2 Å². The van der Waals surface area contributed by atoms with Gasteiger partial charge in [-0.25, -0.2) is 8.78 Å². The first kappa shape index (κ1) is 28.2. The third kappa shape index (κ3) is 5.16. The maximum Gasteiger partial charge on any atom is 0.308 e. The minimum Gasteiger partial charge on any atom is -0.451 e. The second-order valence-electron chi connectivity index (χ2n) is 10.5. The molecular weight excluding hydrogens is 542 g/mol. The maximum atomic E-state index is 14.2. The van der Waals surface area contributed by atoms with Crippen LogP contribution < -0.4 is 15.5 Å². The molecule has 1 saturated heterocycles. The van der Waals surface area contributed by atoms with Crippen LogP contribution in [-0.2, 0) is 20.9 Å². The van der Waals surface area contributed by atoms with Crippen LogP contribution in [-0.4, -0.2) is 57.9 Å². The molecule has 11 nitrogen and oxygen atoms in total. The van der Waals surface area contributed by atoms with Crippen LogP contribution in [0.15, 0.2) is 34.3 Å². The van der Waals surface area contributed by atoms with E-state index in [9.17, 15) is 28.0 Å². The highest BCUT2D eigenvalue weighted by atomic mass is 19.1. The van der Waals surface area contributed by atoms with Gasteiger partial charge in [-0.2, -0.15) is 0 Å². The Morgan fingerprint density at radius 1 is 1.27 bits per heavy atom. The number of carbonyl (C=O) groups is 3. The zero-order valence-corrected chi connectivity index (χ0v) is 22.9. The number of oxime groups is 1. The van der Waals surface area contributed by atoms with E-state index < -0.39 is 59.0 Å². The normalized spacial score (nSPS) is 22.9. The number of halogens is 2. The molecule has 4 heterocycles. The largest absolute Gasteiger partial charge is 0.451 e. The lowest BCUT2D eigenvalue weighted by atomic mass is 9.84. The van der Waals surface area contributed by atoms with Gasteiger partial charge in [-0.15, -0.1) is 0 Å². The molecule has 2 bridgehead atoms. The van der Waals surface area contributed by atoms with Crippen molar-refractivity contribution in [2.75, 3.05) is 13.3 Å². The van der Waals surface area contributed by atoms with Crippen LogP contribution in [0, 0.1) is 11.6 Å². The van der Waals surface area contributed by atoms with E-state index in [1.165, 1.54) is 16.8 Å². The summed E-state index contributed by atoms with van der Waals surface area (Å²) in [4.78, 5) is 60.1. The highest BCUT2D eigenvalue weighted by Gasteiger charge is 2.54. The van der Waals surface area contributed by atoms with Gasteiger partial charge in [0.05, 0.1) is 11.8 Å². The summed E-state index contributed by atoms with van der Waals surface area (Å²) >= 11 is 0. The second-order valence-corrected chi connectivity index (χ2v) is 10.5. The van der Waals surface area contributed by atoms with Crippen molar-refractivity contribution in [2.24, 2.45) is 5.16 Å². The second kappa shape index (κ2) is 10.9. The number of benzene rings is 1. The highest BCUT2D eigenvalue weighted by Crippen LogP contribution is 2.46. The quantitative estimate of drug-likeness (QED) is 0.399. The van der Waals surface area contributed by atoms with Gasteiger partial charge in [-0.3, -0.25) is 19.2 Å². The molecule has 1 N–H and O–H groups in total. The Balaban J connectivity index is 1.59. The number of fused-ring (bicyclic) bond motifs is 5. The van der Waals surface area contributed by atoms with Crippen LogP contribution in [0.4, 0.5) is 8.78 Å². The summed E-state index contributed by atoms with van der Waals surface area (Å²) in [7, 11) is 0. The lowest BCUT2D eigenvalue weighted by Gasteiger charge is -2.42. The number of rotatable bonds is 7. The minimum atomic E-state index is -0.907. The topological polar surface area (TPSA) is 129 Å². The number of hydrogen-bond acceptors (Lipinski definition) is 8. The summed E-state index contributed by atoms with van der Waals surface area (Å²) in [6, 6.07) is 2.21. The van der Waals surface area contributed by atoms with Crippen molar-refractivity contribution >= 4 is 23.5 Å². The molecule has 0 radical (unpaired) electrons. The molecule has 0 saturated carbocycles. The molecule has 1 fully saturated rings. The van der Waals surface area contributed by atoms with E-state index in [0.717, 1.165) is 11.8 Å². The van der Waals surface area contributed by atoms with E-state index in [-0.39, 0.29) is 42.4 Å². The fourth-order valence-electron chi connectivity index (χ4n) is 5.60. The average molecular weight is 573 g/mol. The van der Waals surface area contributed by atoms with Gasteiger partial charge in [0, 0.05) is 49.8 Å². The number of esters is 1. The summed E-state index contributed by atoms with van der Waals surface area (Å²) in [6.07, 6.45) is 3.00. The minimum absolute atomic E-state index is 0.00951. The summed E-state index contributed by atoms with van der Waals surface area (Å²) in [5, 5.41) is 6.66. The molecule has 1 aromatic heterocycles. The smallest absolute Gasteiger partial charge is 0.308 e. The average Bonchev–Trinajstić information content (AvgIpc) is 3.27. The number of nitrogens with one attached hydrogen (secondary N) is 1. The number of carbonyl (C=O) groups excluding carboxylic acids is 3. The monoisotopic (exact) mass is 572 g/mol. The van der Waals surface area contributed by atoms with Gasteiger partial charge in [-0.05, 0) is 32.8 Å². The van der Waals surface area contributed by atoms with Crippen LogP contribution >= 0.6 is 0 Å². The molecule has 218 valence electrons. The molecule has 0 unspecified atom stereocenters. The third-order valence-corrected chi connectivity index (χ3v) is 7.84. The van der Waals surface area contributed by atoms with Gasteiger partial charge in [-0.1, -0.05) is 18.1 Å². The fourth-order valence-corrected chi connectivity index (χ4v) is 5.60. The van der Waals surface area contributed by atoms with Crippen molar-refractivity contribution in [1.29, 1.82) is 0 Å². The molecule has 1 spiro atoms. The molecule has 3 aliphatic heterocycles. The fraction of sp³-hybridized carbons (Fsp3) is 0.464. The summed E-state index contributed by atoms with van der Waals surface area (Å²) in [5.41, 5.74) is -1.44. The Morgan fingerprint density at radius 3 is 2.73 bits per heavy atom. The Kier molecular flexibility index (Phi) is 7.54. The molecular formula is C28H30F2N4O7. The molecule has 5 rings (SSSR count). The van der Waals surface area contributed by atoms with Crippen LogP contribution in [0.2, 0.25) is 0 Å². The predicted octanol–water partition coefficient (Wildman–Crippen LogP) is 3.06. The standard InChI is InChI=1S/C28H30F2N4O7/c1-4-22(35)39-14-40-25-23-27(38)33-13-21(28(8-7-16(33)3)10-15(2)32-41-28)34(23)12-19(24(25)36)26(37)31-11-17-5-6-18(29)9-20(17)30/h5-6,9,12,16,21H,4,7-8,10-11,13-14H2,1-3H3,(H,31,37)/t16-,21+,28-/m0/s1. The first-order chi connectivity index (χ1) is 19.5. The van der Waals surface area contributed by atoms with Crippen LogP contribution in [0.25, 0.3) is 0 Å². The molecule has 41 heavy (non-hydrogen) atoms. The van der Waals surface area contributed by atoms with Crippen molar-refractivity contribution in [3.05, 3.63) is 63.1 Å². The van der Waals surface area contributed by atoms with E-state index in [4.69, 9.17) is 14.3 Å². The van der Waals surface area contributed by atoms with Crippen LogP contribution in [0.3, 0.4) is 0 Å². The summed E-state index contributed by atoms with van der Waals surface area (Å²) in [5.74, 6) is -4.00. The number of pyridine rings is 1. The summed E-state index contributed by atoms with van der Waals surface area (Å²) < 4.78 is 39.6. The van der Waals surface area contributed by atoms with Gasteiger partial charge < -0.3 is 29.1 Å². The Morgan fingerprint density at radius 2 is 2.05 bits per heavy atom. The Bertz CT molecular complexity index is 1510. The zero-order valence-electron chi connectivity index (χ0n) is 22.9. The summed E-state index contributed by atoms with van der Waals surface area (Å²) in [6.45, 7) is 4.59. The van der Waals surface area contributed by atoms with E-state index in [1.807, 2.05) is 13.8 Å². The Labute approximate surface area is 234 Å². The molecule has 2 aromatic rings. The van der Waals surface area contributed by atoms with Crippen LogP contribution in [0.5, 0.6) is 5.75 Å². The van der Waals surface area contributed by atoms with Crippen molar-refractivity contribution in [1.82, 2.24) is 14.8 Å². The van der Waals surface area contributed by atoms with Crippen molar-refractivity contribution < 1.29 is 37.5 Å². The van der Waals surface area contributed by atoms with Crippen molar-refractivity contribution in [2.45, 2.75) is 70.7 Å². The van der Waals surface area contributed by atoms with Gasteiger partial charge in [0.2, 0.25) is 18.0 Å². The van der Waals surface area contributed by atoms with Crippen molar-refractivity contribution in [3.8, 4) is 5.75 Å². The molecule has 13 heteroatoms. The molecule has 2 amide bonds. The number of amides is 2. The molecule has 1 aromatic carbocycles. The van der Waals surface area contributed by atoms with E-state index in [2.05, 4.69) is 10.5 Å². The van der Waals surface area contributed by atoms with E-state index in [0.29, 0.717) is 25.3 Å². The SMILES string of the molecule is CCC(=O)OCOc1c2n(cc(C(=O)NCc3ccc(F)cc3F)c1=O)[C@@H]1CN(C2=O)[C@@H](C)CC[C@]12CC(C)=NO2. The number of hydrogen-bond donors (Lipinski definition) is 1. The highest BCUT2D eigenvalue weighted by molar-refractivity contribution is 5.99. The third-order valence-electron chi connectivity index (χ3n) is 7.84. The zero-order chi connectivity index (χ0) is 29.5. The molecule has 3 atom stereocenters. The maximum absolute atomic E-state index is 14.2. The predicted molar refractivity (Wildman–Crippen MR) is 140 cm³/mol. The molecule has 0 aliphatic carbocycles. The van der Waals surface area contributed by atoms with Gasteiger partial charge in [0.15, 0.2) is 11.3 Å². The van der Waals surface area contributed by atoms with Crippen LogP contribution in [0.1, 0.15) is 78.9 Å². The van der Waals surface area contributed by atoms with E-state index >= 15 is 0 Å². The molecule has 3 aliphatic rings. The lowest BCUT2D eigenvalue weighted by Crippen LogP contribution is -2.52. The number of aromatic nitrogens is 1. The van der Waals surface area contributed by atoms with Crippen molar-refractivity contribution in [3.63, 3.8) is 0 Å². The first-order valence-electron chi connectivity index (χ1n) is 13.4. The Hall–Kier alpha value is -4.29. The van der Waals surface area contributed by atoms with E-state index in [1.54, 1.807) is 11.8 Å². The number of nitrogens with zero attached hydrogens (tertiary/aromatic N) is 3. The number of ether oxygens (including phenoxy) is 2. The lowest BCUT2D eigenvalue weighted by molar-refractivity contribution is -0.149. The van der Waals surface area contributed by atoms with Gasteiger partial charge in [0.25, 0.3) is 11.8 Å².